The Balaban J connectivity index is 2.01. The highest BCUT2D eigenvalue weighted by Crippen LogP contribution is 2.41. The van der Waals surface area contributed by atoms with Gasteiger partial charge in [0.15, 0.2) is 0 Å². The first-order valence-corrected chi connectivity index (χ1v) is 8.72. The van der Waals surface area contributed by atoms with Crippen LogP contribution in [0.3, 0.4) is 0 Å². The van der Waals surface area contributed by atoms with Crippen LogP contribution in [0.15, 0.2) is 39.5 Å². The molecule has 4 heteroatoms. The molecule has 0 saturated carbocycles. The minimum Gasteiger partial charge on any atom is -0.316 e. The summed E-state index contributed by atoms with van der Waals surface area (Å²) in [5.41, 5.74) is 7.95. The van der Waals surface area contributed by atoms with Gasteiger partial charge in [0.25, 0.3) is 0 Å². The fraction of sp³-hybridized carbons (Fsp3) is 0.400. The molecule has 1 aromatic carbocycles. The molecule has 0 heterocycles. The summed E-state index contributed by atoms with van der Waals surface area (Å²) >= 11 is 6.19. The van der Waals surface area contributed by atoms with Crippen molar-refractivity contribution >= 4 is 30.1 Å². The number of allylic oxidation sites excluding steroid dienone is 2. The molecule has 128 valence electrons. The van der Waals surface area contributed by atoms with Crippen LogP contribution in [0.4, 0.5) is 0 Å². The average Bonchev–Trinajstić information content (AvgIpc) is 3.35. The molecule has 0 atom stereocenters. The number of halogens is 1. The molecular formula is C20H26ClN3. The second-order valence-electron chi connectivity index (χ2n) is 6.18. The van der Waals surface area contributed by atoms with Crippen LogP contribution in [0.1, 0.15) is 43.4 Å². The number of fused-ring (bicyclic) bond motifs is 1. The SMILES string of the molecule is C=N/C=C(/C)C=NCCC/C(CNC)=C(\C)c1ccc(Cl)c2c1C2. The predicted molar refractivity (Wildman–Crippen MR) is 107 cm³/mol. The van der Waals surface area contributed by atoms with Gasteiger partial charge in [-0.25, -0.2) is 0 Å². The van der Waals surface area contributed by atoms with E-state index in [2.05, 4.69) is 35.0 Å². The monoisotopic (exact) mass is 343 g/mol. The highest BCUT2D eigenvalue weighted by atomic mass is 35.5. The predicted octanol–water partition coefficient (Wildman–Crippen LogP) is 4.69. The standard InChI is InChI=1S/C20H26ClN3/c1-14(11-22-3)12-24-9-5-6-16(13-23-4)15(2)17-7-8-20(21)19-10-18(17)19/h7-8,11-12,23H,3,5-6,9-10,13H2,1-2,4H3/b14-11-,16-15-,24-12?. The van der Waals surface area contributed by atoms with Crippen molar-refractivity contribution in [1.29, 1.82) is 0 Å². The van der Waals surface area contributed by atoms with E-state index in [1.807, 2.05) is 26.3 Å². The van der Waals surface area contributed by atoms with Crippen molar-refractivity contribution in [3.63, 3.8) is 0 Å². The second kappa shape index (κ2) is 8.95. The fourth-order valence-electron chi connectivity index (χ4n) is 2.91. The molecule has 2 rings (SSSR count). The fourth-order valence-corrected chi connectivity index (χ4v) is 3.15. The van der Waals surface area contributed by atoms with Crippen LogP contribution in [0, 0.1) is 0 Å². The Hall–Kier alpha value is -1.71. The van der Waals surface area contributed by atoms with Gasteiger partial charge in [0.1, 0.15) is 0 Å². The molecule has 0 amide bonds. The summed E-state index contributed by atoms with van der Waals surface area (Å²) in [4.78, 5) is 8.19. The van der Waals surface area contributed by atoms with Gasteiger partial charge in [-0.2, -0.15) is 0 Å². The van der Waals surface area contributed by atoms with Crippen LogP contribution in [-0.2, 0) is 6.42 Å². The van der Waals surface area contributed by atoms with Crippen molar-refractivity contribution in [1.82, 2.24) is 5.32 Å². The third kappa shape index (κ3) is 4.89. The van der Waals surface area contributed by atoms with Gasteiger partial charge in [0, 0.05) is 36.9 Å². The molecule has 24 heavy (non-hydrogen) atoms. The van der Waals surface area contributed by atoms with Crippen LogP contribution in [0.25, 0.3) is 5.57 Å². The lowest BCUT2D eigenvalue weighted by atomic mass is 9.97. The number of nitrogens with zero attached hydrogens (tertiary/aromatic N) is 2. The third-order valence-corrected chi connectivity index (χ3v) is 4.64. The smallest absolute Gasteiger partial charge is 0.0444 e. The van der Waals surface area contributed by atoms with E-state index in [9.17, 15) is 0 Å². The Morgan fingerprint density at radius 3 is 2.83 bits per heavy atom. The summed E-state index contributed by atoms with van der Waals surface area (Å²) in [5.74, 6) is 0. The first-order valence-electron chi connectivity index (χ1n) is 8.34. The molecule has 0 spiro atoms. The van der Waals surface area contributed by atoms with Crippen molar-refractivity contribution < 1.29 is 0 Å². The van der Waals surface area contributed by atoms with E-state index >= 15 is 0 Å². The minimum absolute atomic E-state index is 0.821. The Bertz CT molecular complexity index is 699. The lowest BCUT2D eigenvalue weighted by molar-refractivity contribution is 0.770. The summed E-state index contributed by atoms with van der Waals surface area (Å²) in [6.45, 7) is 9.37. The zero-order valence-electron chi connectivity index (χ0n) is 14.8. The van der Waals surface area contributed by atoms with E-state index in [-0.39, 0.29) is 0 Å². The summed E-state index contributed by atoms with van der Waals surface area (Å²) in [6.07, 6.45) is 6.70. The van der Waals surface area contributed by atoms with E-state index in [0.717, 1.165) is 42.9 Å². The molecule has 0 bridgehead atoms. The molecule has 0 aliphatic heterocycles. The summed E-state index contributed by atoms with van der Waals surface area (Å²) in [5, 5.41) is 4.20. The number of hydrogen-bond acceptors (Lipinski definition) is 3. The Morgan fingerprint density at radius 1 is 1.33 bits per heavy atom. The average molecular weight is 344 g/mol. The second-order valence-corrected chi connectivity index (χ2v) is 6.59. The van der Waals surface area contributed by atoms with E-state index in [4.69, 9.17) is 11.6 Å². The Labute approximate surface area is 150 Å². The van der Waals surface area contributed by atoms with Crippen molar-refractivity contribution in [2.45, 2.75) is 33.1 Å². The van der Waals surface area contributed by atoms with Gasteiger partial charge in [0.05, 0.1) is 0 Å². The molecule has 1 aromatic rings. The normalized spacial score (nSPS) is 14.6. The van der Waals surface area contributed by atoms with Gasteiger partial charge in [-0.15, -0.1) is 0 Å². The number of aliphatic imine (C=N–C) groups is 2. The first-order chi connectivity index (χ1) is 11.6. The minimum atomic E-state index is 0.821. The quantitative estimate of drug-likeness (QED) is 0.520. The molecule has 1 aliphatic rings. The lowest BCUT2D eigenvalue weighted by Crippen LogP contribution is -2.12. The van der Waals surface area contributed by atoms with E-state index in [0.29, 0.717) is 0 Å². The summed E-state index contributed by atoms with van der Waals surface area (Å²) in [7, 11) is 2.00. The molecule has 1 N–H and O–H groups in total. The van der Waals surface area contributed by atoms with Gasteiger partial charge in [-0.1, -0.05) is 23.2 Å². The maximum Gasteiger partial charge on any atom is 0.0444 e. The highest BCUT2D eigenvalue weighted by molar-refractivity contribution is 6.32. The molecule has 0 radical (unpaired) electrons. The molecular weight excluding hydrogens is 318 g/mol. The number of hydrogen-bond donors (Lipinski definition) is 1. The van der Waals surface area contributed by atoms with Crippen LogP contribution in [0.2, 0.25) is 5.02 Å². The van der Waals surface area contributed by atoms with Crippen LogP contribution < -0.4 is 5.32 Å². The van der Waals surface area contributed by atoms with Gasteiger partial charge in [0.2, 0.25) is 0 Å². The number of nitrogens with one attached hydrogen (secondary N) is 1. The molecule has 1 aliphatic carbocycles. The first kappa shape index (κ1) is 18.6. The third-order valence-electron chi connectivity index (χ3n) is 4.28. The molecule has 0 unspecified atom stereocenters. The number of benzene rings is 1. The number of likely N-dealkylation sites (N-methyl/N-ethyl adjacent to an activating group) is 1. The van der Waals surface area contributed by atoms with Gasteiger partial charge < -0.3 is 5.32 Å². The van der Waals surface area contributed by atoms with E-state index < -0.39 is 0 Å². The maximum absolute atomic E-state index is 6.19. The molecule has 0 fully saturated rings. The van der Waals surface area contributed by atoms with Gasteiger partial charge >= 0.3 is 0 Å². The molecule has 0 aromatic heterocycles. The van der Waals surface area contributed by atoms with Crippen LogP contribution in [0.5, 0.6) is 0 Å². The zero-order chi connectivity index (χ0) is 17.5. The summed E-state index contributed by atoms with van der Waals surface area (Å²) in [6, 6.07) is 4.18. The van der Waals surface area contributed by atoms with Crippen molar-refractivity contribution in [2.24, 2.45) is 9.98 Å². The largest absolute Gasteiger partial charge is 0.316 e. The van der Waals surface area contributed by atoms with Crippen LogP contribution in [-0.4, -0.2) is 33.1 Å². The molecule has 0 saturated heterocycles. The number of rotatable bonds is 9. The topological polar surface area (TPSA) is 36.8 Å². The van der Waals surface area contributed by atoms with Gasteiger partial charge in [-0.05, 0) is 74.4 Å². The van der Waals surface area contributed by atoms with E-state index in [1.54, 1.807) is 6.20 Å². The molecule has 3 nitrogen and oxygen atoms in total. The van der Waals surface area contributed by atoms with Crippen LogP contribution >= 0.6 is 11.6 Å². The van der Waals surface area contributed by atoms with Crippen molar-refractivity contribution in [3.05, 3.63) is 51.2 Å². The summed E-state index contributed by atoms with van der Waals surface area (Å²) < 4.78 is 0. The Kier molecular flexibility index (Phi) is 6.95. The lowest BCUT2D eigenvalue weighted by Gasteiger charge is -2.12. The van der Waals surface area contributed by atoms with Crippen molar-refractivity contribution in [3.8, 4) is 0 Å². The van der Waals surface area contributed by atoms with E-state index in [1.165, 1.54) is 27.8 Å². The zero-order valence-corrected chi connectivity index (χ0v) is 15.6. The maximum atomic E-state index is 6.19. The van der Waals surface area contributed by atoms with Gasteiger partial charge in [-0.3, -0.25) is 9.98 Å². The van der Waals surface area contributed by atoms with Crippen molar-refractivity contribution in [2.75, 3.05) is 20.1 Å². The highest BCUT2D eigenvalue weighted by Gasteiger charge is 2.25. The Morgan fingerprint density at radius 2 is 2.12 bits per heavy atom.